The summed E-state index contributed by atoms with van der Waals surface area (Å²) in [6, 6.07) is 4.64. The van der Waals surface area contributed by atoms with Gasteiger partial charge >= 0.3 is 0 Å². The van der Waals surface area contributed by atoms with Crippen LogP contribution in [0, 0.1) is 0 Å². The molecule has 1 aromatic carbocycles. The smallest absolute Gasteiger partial charge is 0.254 e. The van der Waals surface area contributed by atoms with Gasteiger partial charge in [0.1, 0.15) is 0 Å². The highest BCUT2D eigenvalue weighted by atomic mass is 35.5. The molecular formula is C12H16ClN3O2. The van der Waals surface area contributed by atoms with E-state index < -0.39 is 0 Å². The summed E-state index contributed by atoms with van der Waals surface area (Å²) in [6.07, 6.45) is 0. The molecule has 0 bridgehead atoms. The molecular weight excluding hydrogens is 254 g/mol. The number of amides is 2. The first-order valence-corrected chi connectivity index (χ1v) is 5.71. The van der Waals surface area contributed by atoms with Crippen molar-refractivity contribution in [3.8, 4) is 0 Å². The van der Waals surface area contributed by atoms with Crippen molar-refractivity contribution in [1.82, 2.24) is 9.80 Å². The molecule has 98 valence electrons. The van der Waals surface area contributed by atoms with Crippen LogP contribution >= 0.6 is 11.6 Å². The van der Waals surface area contributed by atoms with Crippen LogP contribution in [-0.4, -0.2) is 49.3 Å². The Morgan fingerprint density at radius 3 is 2.39 bits per heavy atom. The van der Waals surface area contributed by atoms with Crippen molar-refractivity contribution < 1.29 is 9.59 Å². The van der Waals surface area contributed by atoms with Crippen molar-refractivity contribution in [2.75, 3.05) is 33.4 Å². The van der Waals surface area contributed by atoms with E-state index in [1.165, 1.54) is 15.9 Å². The summed E-state index contributed by atoms with van der Waals surface area (Å²) in [5.41, 5.74) is 6.38. The summed E-state index contributed by atoms with van der Waals surface area (Å²) in [7, 11) is 4.84. The Balaban J connectivity index is 2.80. The second-order valence-corrected chi connectivity index (χ2v) is 4.59. The van der Waals surface area contributed by atoms with Crippen LogP contribution in [-0.2, 0) is 4.79 Å². The van der Waals surface area contributed by atoms with Crippen LogP contribution in [0.3, 0.4) is 0 Å². The molecule has 6 heteroatoms. The Hall–Kier alpha value is -1.75. The van der Waals surface area contributed by atoms with Crippen molar-refractivity contribution in [3.63, 3.8) is 0 Å². The van der Waals surface area contributed by atoms with Crippen LogP contribution in [0.4, 0.5) is 5.69 Å². The molecule has 0 atom stereocenters. The highest BCUT2D eigenvalue weighted by molar-refractivity contribution is 6.33. The van der Waals surface area contributed by atoms with Gasteiger partial charge in [-0.3, -0.25) is 9.59 Å². The number of nitrogens with zero attached hydrogens (tertiary/aromatic N) is 2. The largest absolute Gasteiger partial charge is 0.398 e. The normalized spacial score (nSPS) is 10.0. The van der Waals surface area contributed by atoms with Crippen LogP contribution in [0.1, 0.15) is 10.4 Å². The first kappa shape index (κ1) is 14.3. The van der Waals surface area contributed by atoms with Crippen molar-refractivity contribution >= 4 is 29.1 Å². The number of nitrogen functional groups attached to an aromatic ring is 1. The Morgan fingerprint density at radius 2 is 1.89 bits per heavy atom. The summed E-state index contributed by atoms with van der Waals surface area (Å²) < 4.78 is 0. The minimum atomic E-state index is -0.270. The second-order valence-electron chi connectivity index (χ2n) is 4.19. The maximum Gasteiger partial charge on any atom is 0.254 e. The average Bonchev–Trinajstić information content (AvgIpc) is 2.31. The number of rotatable bonds is 3. The fourth-order valence-corrected chi connectivity index (χ4v) is 1.43. The molecule has 0 unspecified atom stereocenters. The van der Waals surface area contributed by atoms with E-state index in [-0.39, 0.29) is 18.4 Å². The second kappa shape index (κ2) is 5.73. The van der Waals surface area contributed by atoms with Gasteiger partial charge in [-0.1, -0.05) is 11.6 Å². The van der Waals surface area contributed by atoms with Gasteiger partial charge in [-0.2, -0.15) is 0 Å². The van der Waals surface area contributed by atoms with E-state index in [9.17, 15) is 9.59 Å². The Morgan fingerprint density at radius 1 is 1.28 bits per heavy atom. The number of hydrogen-bond acceptors (Lipinski definition) is 3. The predicted octanol–water partition coefficient (Wildman–Crippen LogP) is 1.08. The van der Waals surface area contributed by atoms with E-state index in [0.717, 1.165) is 0 Å². The van der Waals surface area contributed by atoms with E-state index >= 15 is 0 Å². The first-order valence-electron chi connectivity index (χ1n) is 5.33. The molecule has 0 heterocycles. The predicted molar refractivity (Wildman–Crippen MR) is 71.5 cm³/mol. The highest BCUT2D eigenvalue weighted by Gasteiger charge is 2.16. The number of anilines is 1. The zero-order valence-corrected chi connectivity index (χ0v) is 11.4. The lowest BCUT2D eigenvalue weighted by atomic mass is 10.2. The van der Waals surface area contributed by atoms with E-state index in [0.29, 0.717) is 16.3 Å². The zero-order chi connectivity index (χ0) is 13.9. The van der Waals surface area contributed by atoms with Gasteiger partial charge in [-0.25, -0.2) is 0 Å². The van der Waals surface area contributed by atoms with Crippen LogP contribution in [0.15, 0.2) is 18.2 Å². The number of hydrogen-bond donors (Lipinski definition) is 1. The third kappa shape index (κ3) is 3.37. The monoisotopic (exact) mass is 269 g/mol. The molecule has 5 nitrogen and oxygen atoms in total. The van der Waals surface area contributed by atoms with Crippen LogP contribution in [0.5, 0.6) is 0 Å². The molecule has 0 spiro atoms. The Kier molecular flexibility index (Phi) is 4.55. The van der Waals surface area contributed by atoms with Gasteiger partial charge in [0, 0.05) is 26.7 Å². The Labute approximate surface area is 111 Å². The quantitative estimate of drug-likeness (QED) is 0.835. The average molecular weight is 270 g/mol. The van der Waals surface area contributed by atoms with Crippen molar-refractivity contribution in [3.05, 3.63) is 28.8 Å². The van der Waals surface area contributed by atoms with Crippen LogP contribution in [0.25, 0.3) is 0 Å². The minimum Gasteiger partial charge on any atom is -0.398 e. The summed E-state index contributed by atoms with van der Waals surface area (Å²) in [4.78, 5) is 26.3. The van der Waals surface area contributed by atoms with Crippen molar-refractivity contribution in [2.45, 2.75) is 0 Å². The molecule has 18 heavy (non-hydrogen) atoms. The van der Waals surface area contributed by atoms with Gasteiger partial charge in [-0.05, 0) is 18.2 Å². The number of carbonyl (C=O) groups is 2. The maximum atomic E-state index is 12.0. The van der Waals surface area contributed by atoms with Gasteiger partial charge in [0.25, 0.3) is 5.91 Å². The van der Waals surface area contributed by atoms with Crippen molar-refractivity contribution in [1.29, 1.82) is 0 Å². The van der Waals surface area contributed by atoms with Gasteiger partial charge in [0.05, 0.1) is 17.3 Å². The third-order valence-electron chi connectivity index (χ3n) is 2.46. The number of likely N-dealkylation sites (N-methyl/N-ethyl adjacent to an activating group) is 2. The maximum absolute atomic E-state index is 12.0. The fraction of sp³-hybridized carbons (Fsp3) is 0.333. The molecule has 2 amide bonds. The molecule has 0 saturated carbocycles. The number of nitrogens with two attached hydrogens (primary N) is 1. The molecule has 0 radical (unpaired) electrons. The van der Waals surface area contributed by atoms with E-state index in [4.69, 9.17) is 17.3 Å². The molecule has 0 aromatic heterocycles. The van der Waals surface area contributed by atoms with Gasteiger partial charge in [0.15, 0.2) is 0 Å². The van der Waals surface area contributed by atoms with Crippen LogP contribution in [0.2, 0.25) is 5.02 Å². The highest BCUT2D eigenvalue weighted by Crippen LogP contribution is 2.20. The fourth-order valence-electron chi connectivity index (χ4n) is 1.31. The molecule has 0 aliphatic heterocycles. The van der Waals surface area contributed by atoms with Crippen LogP contribution < -0.4 is 5.73 Å². The molecule has 1 aromatic rings. The Bertz CT molecular complexity index is 474. The minimum absolute atomic E-state index is 0.0222. The lowest BCUT2D eigenvalue weighted by Crippen LogP contribution is -2.37. The molecule has 0 aliphatic carbocycles. The SMILES string of the molecule is CN(C)C(=O)CN(C)C(=O)c1ccc(Cl)c(N)c1. The summed E-state index contributed by atoms with van der Waals surface area (Å²) in [5, 5.41) is 0.401. The molecule has 1 rings (SSSR count). The molecule has 0 fully saturated rings. The molecule has 0 aliphatic rings. The molecule has 2 N–H and O–H groups in total. The standard InChI is InChI=1S/C12H16ClN3O2/c1-15(2)11(17)7-16(3)12(18)8-4-5-9(13)10(14)6-8/h4-6H,7,14H2,1-3H3. The number of halogens is 1. The van der Waals surface area contributed by atoms with E-state index in [1.807, 2.05) is 0 Å². The van der Waals surface area contributed by atoms with Gasteiger partial charge in [0.2, 0.25) is 5.91 Å². The van der Waals surface area contributed by atoms with Gasteiger partial charge in [-0.15, -0.1) is 0 Å². The first-order chi connectivity index (χ1) is 8.32. The summed E-state index contributed by atoms with van der Waals surface area (Å²) in [5.74, 6) is -0.415. The lowest BCUT2D eigenvalue weighted by molar-refractivity contribution is -0.129. The number of carbonyl (C=O) groups excluding carboxylic acids is 2. The summed E-state index contributed by atoms with van der Waals surface area (Å²) in [6.45, 7) is 0.0222. The van der Waals surface area contributed by atoms with Crippen molar-refractivity contribution in [2.24, 2.45) is 0 Å². The van der Waals surface area contributed by atoms with Gasteiger partial charge < -0.3 is 15.5 Å². The third-order valence-corrected chi connectivity index (χ3v) is 2.81. The number of benzene rings is 1. The van der Waals surface area contributed by atoms with E-state index in [1.54, 1.807) is 33.3 Å². The van der Waals surface area contributed by atoms with E-state index in [2.05, 4.69) is 0 Å². The molecule has 0 saturated heterocycles. The zero-order valence-electron chi connectivity index (χ0n) is 10.6. The lowest BCUT2D eigenvalue weighted by Gasteiger charge is -2.19. The summed E-state index contributed by atoms with van der Waals surface area (Å²) >= 11 is 5.78. The topological polar surface area (TPSA) is 66.6 Å².